The van der Waals surface area contributed by atoms with Crippen LogP contribution in [0.25, 0.3) is 0 Å². The van der Waals surface area contributed by atoms with Crippen molar-refractivity contribution in [3.63, 3.8) is 0 Å². The van der Waals surface area contributed by atoms with Crippen molar-refractivity contribution in [1.82, 2.24) is 4.90 Å². The fourth-order valence-electron chi connectivity index (χ4n) is 4.20. The van der Waals surface area contributed by atoms with Gasteiger partial charge in [0.2, 0.25) is 0 Å². The monoisotopic (exact) mass is 478 g/mol. The van der Waals surface area contributed by atoms with E-state index in [-0.39, 0.29) is 11.7 Å². The maximum Gasteiger partial charge on any atom is 0.253 e. The van der Waals surface area contributed by atoms with Crippen LogP contribution in [0.3, 0.4) is 0 Å². The molecule has 5 rings (SSSR count). The average molecular weight is 479 g/mol. The van der Waals surface area contributed by atoms with E-state index in [0.717, 1.165) is 45.2 Å². The maximum atomic E-state index is 13.2. The van der Waals surface area contributed by atoms with Gasteiger partial charge in [0.15, 0.2) is 0 Å². The van der Waals surface area contributed by atoms with E-state index in [1.54, 1.807) is 28.8 Å². The topological polar surface area (TPSA) is 52.9 Å². The van der Waals surface area contributed by atoms with Gasteiger partial charge in [-0.3, -0.25) is 4.79 Å². The molecule has 1 aliphatic heterocycles. The zero-order valence-electron chi connectivity index (χ0n) is 19.5. The van der Waals surface area contributed by atoms with Crippen molar-refractivity contribution in [2.45, 2.75) is 22.6 Å². The van der Waals surface area contributed by atoms with Gasteiger partial charge in [-0.25, -0.2) is 4.99 Å². The van der Waals surface area contributed by atoms with Crippen LogP contribution in [0.15, 0.2) is 112 Å². The lowest BCUT2D eigenvalue weighted by Gasteiger charge is -2.18. The van der Waals surface area contributed by atoms with Crippen molar-refractivity contribution in [2.24, 2.45) is 4.99 Å². The third kappa shape index (κ3) is 5.15. The highest BCUT2D eigenvalue weighted by atomic mass is 32.2. The number of carbonyl (C=O) groups excluding carboxylic acids is 1. The van der Waals surface area contributed by atoms with Crippen molar-refractivity contribution in [1.29, 1.82) is 0 Å². The fourth-order valence-corrected chi connectivity index (χ4v) is 5.20. The molecule has 0 fully saturated rings. The molecule has 0 aliphatic carbocycles. The van der Waals surface area contributed by atoms with Crippen LogP contribution in [0.5, 0.6) is 5.75 Å². The molecule has 0 unspecified atom stereocenters. The minimum atomic E-state index is -0.00555. The molecule has 5 heteroatoms. The Balaban J connectivity index is 1.42. The summed E-state index contributed by atoms with van der Waals surface area (Å²) in [5, 5.41) is 9.75. The van der Waals surface area contributed by atoms with Crippen LogP contribution < -0.4 is 0 Å². The van der Waals surface area contributed by atoms with E-state index in [9.17, 15) is 9.90 Å². The van der Waals surface area contributed by atoms with E-state index in [4.69, 9.17) is 4.99 Å². The Morgan fingerprint density at radius 3 is 2.43 bits per heavy atom. The van der Waals surface area contributed by atoms with Crippen LogP contribution in [0, 0.1) is 0 Å². The van der Waals surface area contributed by atoms with Crippen LogP contribution in [0.1, 0.15) is 33.5 Å². The Hall–Kier alpha value is -3.83. The van der Waals surface area contributed by atoms with Gasteiger partial charge in [0.25, 0.3) is 5.91 Å². The van der Waals surface area contributed by atoms with Crippen LogP contribution in [-0.2, 0) is 6.42 Å². The average Bonchev–Trinajstić information content (AvgIpc) is 3.05. The molecule has 174 valence electrons. The summed E-state index contributed by atoms with van der Waals surface area (Å²) in [5.74, 6) is 0.211. The number of aryl methyl sites for hydroxylation is 1. The largest absolute Gasteiger partial charge is 0.508 e. The number of aliphatic imine (C=N–C) groups is 1. The normalized spacial score (nSPS) is 12.2. The molecule has 0 atom stereocenters. The lowest BCUT2D eigenvalue weighted by atomic mass is 10.0. The van der Waals surface area contributed by atoms with Crippen molar-refractivity contribution in [2.75, 3.05) is 13.6 Å². The SMILES string of the molecule is CN(CCCc1ccccc1)C(=O)c1ccc2c(c1)N=C(c1ccc(O)cc1)c1ccccc1S2. The summed E-state index contributed by atoms with van der Waals surface area (Å²) in [6.45, 7) is 0.688. The first-order valence-corrected chi connectivity index (χ1v) is 12.5. The van der Waals surface area contributed by atoms with Crippen LogP contribution in [0.2, 0.25) is 0 Å². The van der Waals surface area contributed by atoms with Gasteiger partial charge in [0, 0.05) is 40.1 Å². The smallest absolute Gasteiger partial charge is 0.253 e. The highest BCUT2D eigenvalue weighted by molar-refractivity contribution is 7.99. The quantitative estimate of drug-likeness (QED) is 0.294. The third-order valence-corrected chi connectivity index (χ3v) is 7.23. The van der Waals surface area contributed by atoms with E-state index in [0.29, 0.717) is 12.1 Å². The molecule has 4 aromatic rings. The van der Waals surface area contributed by atoms with Gasteiger partial charge in [-0.15, -0.1) is 0 Å². The number of hydrogen-bond acceptors (Lipinski definition) is 4. The van der Waals surface area contributed by atoms with Crippen molar-refractivity contribution >= 4 is 29.1 Å². The van der Waals surface area contributed by atoms with Gasteiger partial charge in [-0.1, -0.05) is 60.3 Å². The second kappa shape index (κ2) is 10.2. The number of hydrogen-bond donors (Lipinski definition) is 1. The number of nitrogens with zero attached hydrogens (tertiary/aromatic N) is 2. The molecule has 35 heavy (non-hydrogen) atoms. The first-order chi connectivity index (χ1) is 17.1. The number of carbonyl (C=O) groups is 1. The summed E-state index contributed by atoms with van der Waals surface area (Å²) in [5.41, 5.74) is 5.46. The third-order valence-electron chi connectivity index (χ3n) is 6.09. The maximum absolute atomic E-state index is 13.2. The molecule has 1 aliphatic rings. The summed E-state index contributed by atoms with van der Waals surface area (Å²) >= 11 is 1.66. The van der Waals surface area contributed by atoms with E-state index >= 15 is 0 Å². The van der Waals surface area contributed by atoms with E-state index < -0.39 is 0 Å². The summed E-state index contributed by atoms with van der Waals surface area (Å²) in [4.78, 5) is 22.1. The molecule has 4 aromatic carbocycles. The minimum absolute atomic E-state index is 0.00555. The summed E-state index contributed by atoms with van der Waals surface area (Å²) < 4.78 is 0. The molecule has 1 heterocycles. The second-order valence-corrected chi connectivity index (χ2v) is 9.69. The Bertz CT molecular complexity index is 1380. The number of fused-ring (bicyclic) bond motifs is 2. The molecule has 1 N–H and O–H groups in total. The minimum Gasteiger partial charge on any atom is -0.508 e. The van der Waals surface area contributed by atoms with Gasteiger partial charge in [-0.05, 0) is 66.9 Å². The standard InChI is InChI=1S/C30H26N2O2S/c1-32(19-7-10-21-8-3-2-4-9-21)30(34)23-15-18-28-26(20-23)31-29(22-13-16-24(33)17-14-22)25-11-5-6-12-27(25)35-28/h2-6,8-9,11-18,20,33H,7,10,19H2,1H3. The molecule has 0 bridgehead atoms. The number of amides is 1. The summed E-state index contributed by atoms with van der Waals surface area (Å²) in [7, 11) is 1.86. The lowest BCUT2D eigenvalue weighted by Crippen LogP contribution is -2.28. The lowest BCUT2D eigenvalue weighted by molar-refractivity contribution is 0.0793. The molecule has 1 amide bonds. The number of phenolic OH excluding ortho intramolecular Hbond substituents is 1. The van der Waals surface area contributed by atoms with E-state index in [1.165, 1.54) is 5.56 Å². The molecular formula is C30H26N2O2S. The Kier molecular flexibility index (Phi) is 6.68. The Morgan fingerprint density at radius 1 is 0.886 bits per heavy atom. The summed E-state index contributed by atoms with van der Waals surface area (Å²) in [6.07, 6.45) is 1.85. The molecule has 0 saturated carbocycles. The highest BCUT2D eigenvalue weighted by Gasteiger charge is 2.21. The van der Waals surface area contributed by atoms with Crippen LogP contribution in [0.4, 0.5) is 5.69 Å². The van der Waals surface area contributed by atoms with Crippen molar-refractivity contribution in [3.05, 3.63) is 119 Å². The molecule has 4 nitrogen and oxygen atoms in total. The Labute approximate surface area is 210 Å². The van der Waals surface area contributed by atoms with Gasteiger partial charge in [0.05, 0.1) is 11.4 Å². The van der Waals surface area contributed by atoms with Gasteiger partial charge in [0.1, 0.15) is 5.75 Å². The van der Waals surface area contributed by atoms with Crippen LogP contribution >= 0.6 is 11.8 Å². The molecular weight excluding hydrogens is 452 g/mol. The molecule has 0 spiro atoms. The number of phenols is 1. The first-order valence-electron chi connectivity index (χ1n) is 11.7. The van der Waals surface area contributed by atoms with E-state index in [1.807, 2.05) is 67.7 Å². The summed E-state index contributed by atoms with van der Waals surface area (Å²) in [6, 6.07) is 31.4. The number of rotatable bonds is 6. The zero-order valence-corrected chi connectivity index (χ0v) is 20.3. The zero-order chi connectivity index (χ0) is 24.2. The molecule has 0 aromatic heterocycles. The predicted octanol–water partition coefficient (Wildman–Crippen LogP) is 6.73. The molecule has 0 radical (unpaired) electrons. The first kappa shape index (κ1) is 22.9. The van der Waals surface area contributed by atoms with Crippen molar-refractivity contribution in [3.8, 4) is 5.75 Å². The van der Waals surface area contributed by atoms with Gasteiger partial charge >= 0.3 is 0 Å². The van der Waals surface area contributed by atoms with Gasteiger partial charge < -0.3 is 10.0 Å². The Morgan fingerprint density at radius 2 is 1.63 bits per heavy atom. The number of benzene rings is 4. The van der Waals surface area contributed by atoms with Crippen molar-refractivity contribution < 1.29 is 9.90 Å². The number of aromatic hydroxyl groups is 1. The highest BCUT2D eigenvalue weighted by Crippen LogP contribution is 2.41. The van der Waals surface area contributed by atoms with Crippen LogP contribution in [-0.4, -0.2) is 35.2 Å². The second-order valence-electron chi connectivity index (χ2n) is 8.60. The van der Waals surface area contributed by atoms with Gasteiger partial charge in [-0.2, -0.15) is 0 Å². The van der Waals surface area contributed by atoms with E-state index in [2.05, 4.69) is 24.3 Å². The molecule has 0 saturated heterocycles. The fraction of sp³-hybridized carbons (Fsp3) is 0.133. The predicted molar refractivity (Wildman–Crippen MR) is 142 cm³/mol.